The van der Waals surface area contributed by atoms with Crippen molar-refractivity contribution in [2.75, 3.05) is 18.5 Å². The summed E-state index contributed by atoms with van der Waals surface area (Å²) in [5.41, 5.74) is 9.59. The highest BCUT2D eigenvalue weighted by atomic mass is 19.1. The number of fused-ring (bicyclic) bond motifs is 1. The minimum Gasteiger partial charge on any atom is -0.371 e. The number of hydrogen-bond donors (Lipinski definition) is 1. The molecule has 1 aliphatic heterocycles. The summed E-state index contributed by atoms with van der Waals surface area (Å²) in [6.45, 7) is 0.635. The number of benzodiazepines with no additional fused rings is 1. The average molecular weight is 269 g/mol. The molecular weight excluding hydrogens is 253 g/mol. The quantitative estimate of drug-likeness (QED) is 0.863. The number of aliphatic imine (C=N–C) groups is 1. The molecule has 0 amide bonds. The van der Waals surface area contributed by atoms with Crippen LogP contribution in [0.5, 0.6) is 0 Å². The topological polar surface area (TPSA) is 41.6 Å². The molecule has 0 saturated heterocycles. The molecule has 20 heavy (non-hydrogen) atoms. The molecule has 0 bridgehead atoms. The number of likely N-dealkylation sites (N-methyl/N-ethyl adjacent to an activating group) is 1. The Balaban J connectivity index is 2.19. The van der Waals surface area contributed by atoms with Crippen molar-refractivity contribution in [3.63, 3.8) is 0 Å². The van der Waals surface area contributed by atoms with Gasteiger partial charge in [-0.3, -0.25) is 4.99 Å². The summed E-state index contributed by atoms with van der Waals surface area (Å²) in [6, 6.07) is 14.4. The SMILES string of the molecule is CN1CC(N)N=C(c2cccc(F)c2)c2ccccc21. The normalized spacial score (nSPS) is 18.2. The summed E-state index contributed by atoms with van der Waals surface area (Å²) in [4.78, 5) is 6.64. The molecule has 0 spiro atoms. The van der Waals surface area contributed by atoms with Gasteiger partial charge in [-0.05, 0) is 18.2 Å². The van der Waals surface area contributed by atoms with Crippen molar-refractivity contribution in [3.8, 4) is 0 Å². The summed E-state index contributed by atoms with van der Waals surface area (Å²) in [5.74, 6) is -0.270. The molecular formula is C16H16FN3. The van der Waals surface area contributed by atoms with Crippen LogP contribution in [-0.4, -0.2) is 25.5 Å². The Hall–Kier alpha value is -2.20. The second kappa shape index (κ2) is 5.06. The summed E-state index contributed by atoms with van der Waals surface area (Å²) >= 11 is 0. The van der Waals surface area contributed by atoms with E-state index in [1.54, 1.807) is 6.07 Å². The van der Waals surface area contributed by atoms with Gasteiger partial charge in [0.2, 0.25) is 0 Å². The van der Waals surface area contributed by atoms with Crippen molar-refractivity contribution in [2.24, 2.45) is 10.7 Å². The van der Waals surface area contributed by atoms with Crippen molar-refractivity contribution in [1.29, 1.82) is 0 Å². The van der Waals surface area contributed by atoms with Crippen LogP contribution in [0, 0.1) is 5.82 Å². The van der Waals surface area contributed by atoms with Gasteiger partial charge in [-0.1, -0.05) is 30.3 Å². The molecule has 3 nitrogen and oxygen atoms in total. The summed E-state index contributed by atoms with van der Waals surface area (Å²) in [5, 5.41) is 0. The van der Waals surface area contributed by atoms with Crippen LogP contribution >= 0.6 is 0 Å². The first-order valence-electron chi connectivity index (χ1n) is 6.55. The third-order valence-electron chi connectivity index (χ3n) is 3.42. The fraction of sp³-hybridized carbons (Fsp3) is 0.188. The van der Waals surface area contributed by atoms with E-state index in [4.69, 9.17) is 5.73 Å². The molecule has 1 atom stereocenters. The Labute approximate surface area is 117 Å². The first kappa shape index (κ1) is 12.8. The highest BCUT2D eigenvalue weighted by Gasteiger charge is 2.20. The molecule has 0 saturated carbocycles. The van der Waals surface area contributed by atoms with Crippen LogP contribution in [0.4, 0.5) is 10.1 Å². The van der Waals surface area contributed by atoms with Crippen LogP contribution in [0.3, 0.4) is 0 Å². The van der Waals surface area contributed by atoms with Crippen molar-refractivity contribution >= 4 is 11.4 Å². The van der Waals surface area contributed by atoms with E-state index in [1.807, 2.05) is 37.4 Å². The molecule has 0 aromatic heterocycles. The third-order valence-corrected chi connectivity index (χ3v) is 3.42. The number of para-hydroxylation sites is 1. The van der Waals surface area contributed by atoms with Gasteiger partial charge in [0.05, 0.1) is 12.3 Å². The second-order valence-corrected chi connectivity index (χ2v) is 4.95. The van der Waals surface area contributed by atoms with Gasteiger partial charge >= 0.3 is 0 Å². The van der Waals surface area contributed by atoms with E-state index in [0.717, 1.165) is 22.5 Å². The zero-order valence-corrected chi connectivity index (χ0v) is 11.3. The molecule has 3 rings (SSSR count). The summed E-state index contributed by atoms with van der Waals surface area (Å²) < 4.78 is 13.5. The van der Waals surface area contributed by atoms with Crippen LogP contribution in [0.25, 0.3) is 0 Å². The number of nitrogens with two attached hydrogens (primary N) is 1. The Morgan fingerprint density at radius 2 is 2.00 bits per heavy atom. The molecule has 2 aromatic rings. The van der Waals surface area contributed by atoms with Crippen molar-refractivity contribution < 1.29 is 4.39 Å². The van der Waals surface area contributed by atoms with E-state index in [-0.39, 0.29) is 12.0 Å². The lowest BCUT2D eigenvalue weighted by atomic mass is 10.0. The molecule has 1 heterocycles. The Morgan fingerprint density at radius 1 is 1.20 bits per heavy atom. The monoisotopic (exact) mass is 269 g/mol. The lowest BCUT2D eigenvalue weighted by molar-refractivity contribution is 0.627. The number of rotatable bonds is 1. The largest absolute Gasteiger partial charge is 0.371 e. The molecule has 1 aliphatic rings. The number of hydrogen-bond acceptors (Lipinski definition) is 3. The van der Waals surface area contributed by atoms with Crippen molar-refractivity contribution in [3.05, 3.63) is 65.5 Å². The van der Waals surface area contributed by atoms with Gasteiger partial charge in [-0.2, -0.15) is 0 Å². The van der Waals surface area contributed by atoms with Crippen LogP contribution in [-0.2, 0) is 0 Å². The number of halogens is 1. The highest BCUT2D eigenvalue weighted by molar-refractivity contribution is 6.16. The van der Waals surface area contributed by atoms with Gasteiger partial charge in [0.1, 0.15) is 12.0 Å². The van der Waals surface area contributed by atoms with Gasteiger partial charge in [0.15, 0.2) is 0 Å². The van der Waals surface area contributed by atoms with Crippen molar-refractivity contribution in [2.45, 2.75) is 6.17 Å². The first-order chi connectivity index (χ1) is 9.65. The van der Waals surface area contributed by atoms with Crippen LogP contribution in [0.1, 0.15) is 11.1 Å². The standard InChI is InChI=1S/C16H16FN3/c1-20-10-15(18)19-16(11-5-4-6-12(17)9-11)13-7-2-3-8-14(13)20/h2-9,15H,10,18H2,1H3. The summed E-state index contributed by atoms with van der Waals surface area (Å²) in [6.07, 6.45) is -0.328. The van der Waals surface area contributed by atoms with E-state index in [9.17, 15) is 4.39 Å². The fourth-order valence-electron chi connectivity index (χ4n) is 2.53. The molecule has 1 unspecified atom stereocenters. The molecule has 0 aliphatic carbocycles. The van der Waals surface area contributed by atoms with Gasteiger partial charge in [0, 0.05) is 23.9 Å². The Morgan fingerprint density at radius 3 is 2.80 bits per heavy atom. The second-order valence-electron chi connectivity index (χ2n) is 4.95. The maximum absolute atomic E-state index is 13.5. The van der Waals surface area contributed by atoms with E-state index in [0.29, 0.717) is 6.54 Å². The minimum atomic E-state index is -0.328. The molecule has 2 aromatic carbocycles. The van der Waals surface area contributed by atoms with Gasteiger partial charge in [0.25, 0.3) is 0 Å². The van der Waals surface area contributed by atoms with E-state index in [1.165, 1.54) is 12.1 Å². The molecule has 0 fully saturated rings. The lowest BCUT2D eigenvalue weighted by Crippen LogP contribution is -2.32. The predicted molar refractivity (Wildman–Crippen MR) is 79.7 cm³/mol. The van der Waals surface area contributed by atoms with E-state index < -0.39 is 0 Å². The average Bonchev–Trinajstić information content (AvgIpc) is 2.56. The zero-order chi connectivity index (χ0) is 14.1. The highest BCUT2D eigenvalue weighted by Crippen LogP contribution is 2.26. The number of benzene rings is 2. The van der Waals surface area contributed by atoms with Crippen molar-refractivity contribution in [1.82, 2.24) is 0 Å². The minimum absolute atomic E-state index is 0.270. The van der Waals surface area contributed by atoms with Gasteiger partial charge in [-0.15, -0.1) is 0 Å². The molecule has 4 heteroatoms. The molecule has 0 radical (unpaired) electrons. The molecule has 102 valence electrons. The van der Waals surface area contributed by atoms with Gasteiger partial charge < -0.3 is 10.6 Å². The first-order valence-corrected chi connectivity index (χ1v) is 6.55. The number of anilines is 1. The Kier molecular flexibility index (Phi) is 3.24. The number of nitrogens with zero attached hydrogens (tertiary/aromatic N) is 2. The molecule has 2 N–H and O–H groups in total. The Bertz CT molecular complexity index is 666. The van der Waals surface area contributed by atoms with E-state index in [2.05, 4.69) is 9.89 Å². The smallest absolute Gasteiger partial charge is 0.123 e. The summed E-state index contributed by atoms with van der Waals surface area (Å²) in [7, 11) is 1.99. The van der Waals surface area contributed by atoms with Crippen LogP contribution in [0.2, 0.25) is 0 Å². The van der Waals surface area contributed by atoms with Crippen LogP contribution < -0.4 is 10.6 Å². The fourth-order valence-corrected chi connectivity index (χ4v) is 2.53. The maximum atomic E-state index is 13.5. The lowest BCUT2D eigenvalue weighted by Gasteiger charge is -2.20. The third kappa shape index (κ3) is 2.30. The van der Waals surface area contributed by atoms with Gasteiger partial charge in [-0.25, -0.2) is 4.39 Å². The zero-order valence-electron chi connectivity index (χ0n) is 11.3. The maximum Gasteiger partial charge on any atom is 0.123 e. The predicted octanol–water partition coefficient (Wildman–Crippen LogP) is 2.40. The van der Waals surface area contributed by atoms with Crippen LogP contribution in [0.15, 0.2) is 53.5 Å². The van der Waals surface area contributed by atoms with E-state index >= 15 is 0 Å².